The molecule has 0 spiro atoms. The predicted molar refractivity (Wildman–Crippen MR) is 116 cm³/mol. The van der Waals surface area contributed by atoms with Crippen LogP contribution in [0.15, 0.2) is 46.4 Å². The van der Waals surface area contributed by atoms with Gasteiger partial charge >= 0.3 is 0 Å². The molecule has 2 rings (SSSR count). The van der Waals surface area contributed by atoms with Crippen molar-refractivity contribution in [3.8, 4) is 0 Å². The zero-order valence-electron chi connectivity index (χ0n) is 17.3. The molecule has 2 aromatic rings. The van der Waals surface area contributed by atoms with Crippen molar-refractivity contribution in [2.45, 2.75) is 66.7 Å². The third-order valence-corrected chi connectivity index (χ3v) is 4.90. The summed E-state index contributed by atoms with van der Waals surface area (Å²) in [5, 5.41) is 0. The molecule has 0 aromatic heterocycles. The van der Waals surface area contributed by atoms with E-state index in [0.29, 0.717) is 0 Å². The first-order chi connectivity index (χ1) is 12.5. The van der Waals surface area contributed by atoms with Crippen molar-refractivity contribution in [1.82, 2.24) is 0 Å². The van der Waals surface area contributed by atoms with Crippen molar-refractivity contribution >= 4 is 23.3 Å². The number of aryl methyl sites for hydroxylation is 4. The fourth-order valence-corrected chi connectivity index (χ4v) is 2.80. The molecular weight excluding hydrogens is 375 g/mol. The first-order valence-electron chi connectivity index (χ1n) is 9.75. The number of benzene rings is 2. The van der Waals surface area contributed by atoms with E-state index in [-0.39, 0.29) is 16.5 Å². The molecule has 0 N–H and O–H groups in total. The number of hydrogen-bond acceptors (Lipinski definition) is 2. The van der Waals surface area contributed by atoms with Crippen LogP contribution in [0.25, 0.3) is 0 Å². The van der Waals surface area contributed by atoms with Crippen LogP contribution >= 0.6 is 0 Å². The second-order valence-electron chi connectivity index (χ2n) is 7.21. The summed E-state index contributed by atoms with van der Waals surface area (Å²) >= 11 is 0. The van der Waals surface area contributed by atoms with E-state index in [0.717, 1.165) is 29.9 Å². The van der Waals surface area contributed by atoms with E-state index in [2.05, 4.69) is 76.0 Å². The standard InChI is InChI=1S/C24H32N2.Ni/c1-6-7-8-9-10-24(26-23-14-12-19(3)21(5)16-23)17-25-22-13-11-18(2)20(4)15-22;/h11-17H,6-10H2,1-5H3;/b25-17+,26-24+;. The molecule has 0 saturated carbocycles. The molecule has 0 heterocycles. The van der Waals surface area contributed by atoms with Gasteiger partial charge in [0, 0.05) is 22.7 Å². The molecule has 0 bridgehead atoms. The summed E-state index contributed by atoms with van der Waals surface area (Å²) in [5.41, 5.74) is 8.23. The molecule has 0 atom stereocenters. The summed E-state index contributed by atoms with van der Waals surface area (Å²) in [5.74, 6) is 0. The summed E-state index contributed by atoms with van der Waals surface area (Å²) in [6, 6.07) is 12.7. The maximum absolute atomic E-state index is 4.88. The van der Waals surface area contributed by atoms with Crippen molar-refractivity contribution in [3.63, 3.8) is 0 Å². The molecule has 0 unspecified atom stereocenters. The average Bonchev–Trinajstić information content (AvgIpc) is 2.62. The van der Waals surface area contributed by atoms with E-state index in [1.807, 2.05) is 6.21 Å². The van der Waals surface area contributed by atoms with Crippen LogP contribution in [-0.4, -0.2) is 11.9 Å². The maximum atomic E-state index is 4.88. The second kappa shape index (κ2) is 11.9. The summed E-state index contributed by atoms with van der Waals surface area (Å²) in [6.07, 6.45) is 7.87. The Balaban J connectivity index is 0.00000364. The minimum atomic E-state index is 0. The minimum absolute atomic E-state index is 0. The first kappa shape index (κ1) is 23.3. The van der Waals surface area contributed by atoms with Crippen molar-refractivity contribution in [2.75, 3.05) is 0 Å². The Morgan fingerprint density at radius 3 is 1.96 bits per heavy atom. The van der Waals surface area contributed by atoms with Gasteiger partial charge in [-0.25, -0.2) is 0 Å². The number of nitrogens with zero attached hydrogens (tertiary/aromatic N) is 2. The van der Waals surface area contributed by atoms with Gasteiger partial charge in [0.2, 0.25) is 0 Å². The van der Waals surface area contributed by atoms with Crippen LogP contribution in [0.3, 0.4) is 0 Å². The molecule has 27 heavy (non-hydrogen) atoms. The fourth-order valence-electron chi connectivity index (χ4n) is 2.80. The maximum Gasteiger partial charge on any atom is 0.0636 e. The third-order valence-electron chi connectivity index (χ3n) is 4.90. The van der Waals surface area contributed by atoms with Crippen LogP contribution in [0.1, 0.15) is 61.3 Å². The third kappa shape index (κ3) is 7.81. The van der Waals surface area contributed by atoms with Gasteiger partial charge in [-0.2, -0.15) is 0 Å². The van der Waals surface area contributed by atoms with Crippen LogP contribution in [-0.2, 0) is 16.5 Å². The molecule has 0 aliphatic carbocycles. The van der Waals surface area contributed by atoms with Gasteiger partial charge in [0.15, 0.2) is 0 Å². The van der Waals surface area contributed by atoms with Gasteiger partial charge in [0.25, 0.3) is 0 Å². The van der Waals surface area contributed by atoms with E-state index in [9.17, 15) is 0 Å². The molecule has 2 nitrogen and oxygen atoms in total. The summed E-state index contributed by atoms with van der Waals surface area (Å²) < 4.78 is 0. The molecule has 0 saturated heterocycles. The first-order valence-corrected chi connectivity index (χ1v) is 9.75. The van der Waals surface area contributed by atoms with E-state index in [1.54, 1.807) is 0 Å². The number of hydrogen-bond donors (Lipinski definition) is 0. The van der Waals surface area contributed by atoms with Crippen molar-refractivity contribution in [2.24, 2.45) is 9.98 Å². The Hall–Kier alpha value is -1.73. The van der Waals surface area contributed by atoms with E-state index >= 15 is 0 Å². The van der Waals surface area contributed by atoms with E-state index in [1.165, 1.54) is 41.5 Å². The summed E-state index contributed by atoms with van der Waals surface area (Å²) in [4.78, 5) is 9.57. The monoisotopic (exact) mass is 406 g/mol. The van der Waals surface area contributed by atoms with Gasteiger partial charge in [-0.15, -0.1) is 0 Å². The van der Waals surface area contributed by atoms with Gasteiger partial charge in [0.1, 0.15) is 0 Å². The van der Waals surface area contributed by atoms with Gasteiger partial charge < -0.3 is 0 Å². The van der Waals surface area contributed by atoms with Crippen LogP contribution in [0, 0.1) is 27.7 Å². The second-order valence-corrected chi connectivity index (χ2v) is 7.21. The van der Waals surface area contributed by atoms with Crippen molar-refractivity contribution in [1.29, 1.82) is 0 Å². The Morgan fingerprint density at radius 2 is 1.37 bits per heavy atom. The van der Waals surface area contributed by atoms with E-state index < -0.39 is 0 Å². The van der Waals surface area contributed by atoms with E-state index in [4.69, 9.17) is 4.99 Å². The zero-order valence-corrected chi connectivity index (χ0v) is 18.3. The zero-order chi connectivity index (χ0) is 18.9. The Kier molecular flexibility index (Phi) is 10.3. The SMILES string of the molecule is CCCCCCC(/C=N/c1ccc(C)c(C)c1)=N\c1ccc(C)c(C)c1.[Ni]. The molecular formula is C24H32N2Ni. The van der Waals surface area contributed by atoms with Crippen LogP contribution in [0.5, 0.6) is 0 Å². The van der Waals surface area contributed by atoms with Gasteiger partial charge in [-0.1, -0.05) is 38.3 Å². The van der Waals surface area contributed by atoms with Crippen molar-refractivity contribution < 1.29 is 16.5 Å². The minimum Gasteiger partial charge on any atom is -0.255 e. The Morgan fingerprint density at radius 1 is 0.778 bits per heavy atom. The average molecular weight is 407 g/mol. The molecule has 0 fully saturated rings. The fraction of sp³-hybridized carbons (Fsp3) is 0.417. The summed E-state index contributed by atoms with van der Waals surface area (Å²) in [6.45, 7) is 10.8. The molecule has 0 aliphatic heterocycles. The summed E-state index contributed by atoms with van der Waals surface area (Å²) in [7, 11) is 0. The van der Waals surface area contributed by atoms with Crippen molar-refractivity contribution in [3.05, 3.63) is 58.7 Å². The van der Waals surface area contributed by atoms with Gasteiger partial charge in [-0.05, 0) is 87.1 Å². The molecule has 148 valence electrons. The van der Waals surface area contributed by atoms with Gasteiger partial charge in [0.05, 0.1) is 17.1 Å². The normalized spacial score (nSPS) is 11.7. The van der Waals surface area contributed by atoms with Crippen LogP contribution in [0.4, 0.5) is 11.4 Å². The number of rotatable bonds is 8. The quantitative estimate of drug-likeness (QED) is 0.248. The molecule has 0 radical (unpaired) electrons. The topological polar surface area (TPSA) is 24.7 Å². The number of unbranched alkanes of at least 4 members (excludes halogenated alkanes) is 3. The Bertz CT molecular complexity index is 791. The smallest absolute Gasteiger partial charge is 0.0636 e. The molecule has 3 heteroatoms. The largest absolute Gasteiger partial charge is 0.255 e. The molecule has 0 amide bonds. The Labute approximate surface area is 175 Å². The van der Waals surface area contributed by atoms with Crippen LogP contribution < -0.4 is 0 Å². The predicted octanol–water partition coefficient (Wildman–Crippen LogP) is 7.36. The molecule has 2 aromatic carbocycles. The van der Waals surface area contributed by atoms with Crippen LogP contribution in [0.2, 0.25) is 0 Å². The molecule has 0 aliphatic rings. The van der Waals surface area contributed by atoms with Gasteiger partial charge in [-0.3, -0.25) is 9.98 Å². The number of aliphatic imine (C=N–C) groups is 2.